The highest BCUT2D eigenvalue weighted by atomic mass is 32.2. The lowest BCUT2D eigenvalue weighted by molar-refractivity contribution is 0.163. The van der Waals surface area contributed by atoms with Crippen molar-refractivity contribution in [1.82, 2.24) is 4.31 Å². The zero-order valence-corrected chi connectivity index (χ0v) is 11.4. The molecule has 0 aromatic heterocycles. The smallest absolute Gasteiger partial charge is 0.244 e. The first-order chi connectivity index (χ1) is 8.43. The van der Waals surface area contributed by atoms with Gasteiger partial charge in [0.1, 0.15) is 6.04 Å². The molecule has 1 atom stereocenters. The summed E-state index contributed by atoms with van der Waals surface area (Å²) in [7, 11) is -0.854. The van der Waals surface area contributed by atoms with E-state index in [9.17, 15) is 8.42 Å². The number of methoxy groups -OCH3 is 1. The molecule has 0 spiro atoms. The molecule has 0 unspecified atom stereocenters. The van der Waals surface area contributed by atoms with Crippen LogP contribution in [0.25, 0.3) is 0 Å². The molecule has 1 rings (SSSR count). The third kappa shape index (κ3) is 3.07. The van der Waals surface area contributed by atoms with E-state index >= 15 is 0 Å². The largest absolute Gasteiger partial charge is 0.382 e. The Balaban J connectivity index is 3.06. The van der Waals surface area contributed by atoms with Crippen LogP contribution >= 0.6 is 0 Å². The standard InChI is InChI=1S/C12H16N2O3S/c1-10-4-6-12(7-5-10)18(15,16)14(2)11(8-13)9-17-3/h4-7,11H,9H2,1-3H3/t11-/m1/s1. The van der Waals surface area contributed by atoms with E-state index in [1.165, 1.54) is 26.3 Å². The fourth-order valence-electron chi connectivity index (χ4n) is 1.43. The van der Waals surface area contributed by atoms with Crippen LogP contribution < -0.4 is 0 Å². The van der Waals surface area contributed by atoms with Gasteiger partial charge in [-0.1, -0.05) is 17.7 Å². The molecule has 0 N–H and O–H groups in total. The monoisotopic (exact) mass is 268 g/mol. The molecule has 0 aliphatic rings. The Morgan fingerprint density at radius 1 is 1.39 bits per heavy atom. The van der Waals surface area contributed by atoms with Crippen molar-refractivity contribution in [1.29, 1.82) is 5.26 Å². The van der Waals surface area contributed by atoms with E-state index in [1.807, 2.05) is 13.0 Å². The van der Waals surface area contributed by atoms with Gasteiger partial charge in [0.05, 0.1) is 17.6 Å². The van der Waals surface area contributed by atoms with Crippen LogP contribution in [-0.4, -0.2) is 39.5 Å². The lowest BCUT2D eigenvalue weighted by atomic mass is 10.2. The van der Waals surface area contributed by atoms with E-state index in [4.69, 9.17) is 10.00 Å². The molecule has 18 heavy (non-hydrogen) atoms. The molecule has 0 saturated carbocycles. The van der Waals surface area contributed by atoms with Gasteiger partial charge in [-0.2, -0.15) is 9.57 Å². The quantitative estimate of drug-likeness (QED) is 0.803. The molecule has 0 amide bonds. The van der Waals surface area contributed by atoms with Gasteiger partial charge in [-0.3, -0.25) is 0 Å². The predicted octanol–water partition coefficient (Wildman–Crippen LogP) is 1.15. The number of likely N-dealkylation sites (N-methyl/N-ethyl adjacent to an activating group) is 1. The first-order valence-electron chi connectivity index (χ1n) is 5.36. The Kier molecular flexibility index (Phi) is 4.84. The van der Waals surface area contributed by atoms with E-state index in [-0.39, 0.29) is 11.5 Å². The second-order valence-corrected chi connectivity index (χ2v) is 5.93. The summed E-state index contributed by atoms with van der Waals surface area (Å²) in [6.45, 7) is 1.92. The zero-order valence-electron chi connectivity index (χ0n) is 10.6. The zero-order chi connectivity index (χ0) is 13.8. The van der Waals surface area contributed by atoms with Crippen LogP contribution in [0.2, 0.25) is 0 Å². The van der Waals surface area contributed by atoms with Gasteiger partial charge in [0.2, 0.25) is 10.0 Å². The molecule has 0 aliphatic heterocycles. The van der Waals surface area contributed by atoms with E-state index in [0.717, 1.165) is 9.87 Å². The summed E-state index contributed by atoms with van der Waals surface area (Å²) in [5.74, 6) is 0. The van der Waals surface area contributed by atoms with Crippen molar-refractivity contribution in [2.24, 2.45) is 0 Å². The predicted molar refractivity (Wildman–Crippen MR) is 67.4 cm³/mol. The summed E-state index contributed by atoms with van der Waals surface area (Å²) < 4.78 is 30.3. The molecular formula is C12H16N2O3S. The van der Waals surface area contributed by atoms with Crippen molar-refractivity contribution in [2.45, 2.75) is 17.9 Å². The fraction of sp³-hybridized carbons (Fsp3) is 0.417. The van der Waals surface area contributed by atoms with Gasteiger partial charge in [0, 0.05) is 14.2 Å². The Morgan fingerprint density at radius 2 is 1.94 bits per heavy atom. The second kappa shape index (κ2) is 5.96. The van der Waals surface area contributed by atoms with Crippen LogP contribution in [0.3, 0.4) is 0 Å². The van der Waals surface area contributed by atoms with Gasteiger partial charge in [-0.15, -0.1) is 0 Å². The minimum atomic E-state index is -3.66. The summed E-state index contributed by atoms with van der Waals surface area (Å²) in [4.78, 5) is 0.173. The third-order valence-electron chi connectivity index (χ3n) is 2.61. The van der Waals surface area contributed by atoms with Gasteiger partial charge < -0.3 is 4.74 Å². The number of rotatable bonds is 5. The number of nitriles is 1. The number of aryl methyl sites for hydroxylation is 1. The molecule has 1 aromatic rings. The molecule has 0 radical (unpaired) electrons. The Morgan fingerprint density at radius 3 is 2.39 bits per heavy atom. The molecule has 0 bridgehead atoms. The maximum absolute atomic E-state index is 12.2. The van der Waals surface area contributed by atoms with Gasteiger partial charge in [0.15, 0.2) is 0 Å². The van der Waals surface area contributed by atoms with E-state index in [1.54, 1.807) is 12.1 Å². The SMILES string of the molecule is COC[C@@H](C#N)N(C)S(=O)(=O)c1ccc(C)cc1. The van der Waals surface area contributed by atoms with Crippen molar-refractivity contribution >= 4 is 10.0 Å². The van der Waals surface area contributed by atoms with Crippen LogP contribution in [0.5, 0.6) is 0 Å². The molecule has 1 aromatic carbocycles. The molecule has 0 aliphatic carbocycles. The molecular weight excluding hydrogens is 252 g/mol. The van der Waals surface area contributed by atoms with Crippen molar-refractivity contribution in [3.63, 3.8) is 0 Å². The maximum atomic E-state index is 12.2. The number of sulfonamides is 1. The molecule has 5 nitrogen and oxygen atoms in total. The molecule has 98 valence electrons. The van der Waals surface area contributed by atoms with E-state index in [0.29, 0.717) is 0 Å². The lowest BCUT2D eigenvalue weighted by Gasteiger charge is -2.21. The summed E-state index contributed by atoms with van der Waals surface area (Å²) in [5, 5.41) is 8.95. The summed E-state index contributed by atoms with van der Waals surface area (Å²) >= 11 is 0. The van der Waals surface area contributed by atoms with Crippen LogP contribution in [0, 0.1) is 18.3 Å². The van der Waals surface area contributed by atoms with Crippen LogP contribution in [-0.2, 0) is 14.8 Å². The van der Waals surface area contributed by atoms with E-state index in [2.05, 4.69) is 0 Å². The number of hydrogen-bond acceptors (Lipinski definition) is 4. The highest BCUT2D eigenvalue weighted by Crippen LogP contribution is 2.17. The van der Waals surface area contributed by atoms with Crippen molar-refractivity contribution in [3.05, 3.63) is 29.8 Å². The number of ether oxygens (including phenoxy) is 1. The number of benzene rings is 1. The minimum Gasteiger partial charge on any atom is -0.382 e. The van der Waals surface area contributed by atoms with Crippen LogP contribution in [0.1, 0.15) is 5.56 Å². The average Bonchev–Trinajstić information content (AvgIpc) is 2.35. The Bertz CT molecular complexity index is 531. The van der Waals surface area contributed by atoms with Crippen molar-refractivity contribution in [3.8, 4) is 6.07 Å². The van der Waals surface area contributed by atoms with Gasteiger partial charge in [-0.25, -0.2) is 8.42 Å². The van der Waals surface area contributed by atoms with Gasteiger partial charge >= 0.3 is 0 Å². The highest BCUT2D eigenvalue weighted by Gasteiger charge is 2.27. The normalized spacial score (nSPS) is 13.3. The minimum absolute atomic E-state index is 0.0398. The molecule has 0 saturated heterocycles. The van der Waals surface area contributed by atoms with Crippen LogP contribution in [0.4, 0.5) is 0 Å². The fourth-order valence-corrected chi connectivity index (χ4v) is 2.68. The summed E-state index contributed by atoms with van der Waals surface area (Å²) in [6, 6.07) is 7.58. The topological polar surface area (TPSA) is 70.4 Å². The Hall–Kier alpha value is -1.42. The van der Waals surface area contributed by atoms with E-state index < -0.39 is 16.1 Å². The highest BCUT2D eigenvalue weighted by molar-refractivity contribution is 7.89. The maximum Gasteiger partial charge on any atom is 0.244 e. The first-order valence-corrected chi connectivity index (χ1v) is 6.80. The van der Waals surface area contributed by atoms with Crippen molar-refractivity contribution < 1.29 is 13.2 Å². The second-order valence-electron chi connectivity index (χ2n) is 3.93. The number of hydrogen-bond donors (Lipinski definition) is 0. The van der Waals surface area contributed by atoms with Gasteiger partial charge in [0.25, 0.3) is 0 Å². The average molecular weight is 268 g/mol. The first kappa shape index (κ1) is 14.6. The lowest BCUT2D eigenvalue weighted by Crippen LogP contribution is -2.38. The van der Waals surface area contributed by atoms with Crippen molar-refractivity contribution in [2.75, 3.05) is 20.8 Å². The molecule has 6 heteroatoms. The third-order valence-corrected chi connectivity index (χ3v) is 4.49. The van der Waals surface area contributed by atoms with Gasteiger partial charge in [-0.05, 0) is 19.1 Å². The summed E-state index contributed by atoms with van der Waals surface area (Å²) in [5.41, 5.74) is 0.977. The van der Waals surface area contributed by atoms with Crippen LogP contribution in [0.15, 0.2) is 29.2 Å². The Labute approximate surface area is 108 Å². The summed E-state index contributed by atoms with van der Waals surface area (Å²) in [6.07, 6.45) is 0. The molecule has 0 fully saturated rings. The molecule has 0 heterocycles. The number of nitrogens with zero attached hydrogens (tertiary/aromatic N) is 2.